The summed E-state index contributed by atoms with van der Waals surface area (Å²) < 4.78 is 6.30. The third-order valence-corrected chi connectivity index (χ3v) is 7.75. The van der Waals surface area contributed by atoms with Crippen molar-refractivity contribution in [2.24, 2.45) is 11.1 Å². The Balaban J connectivity index is 1.42. The number of aliphatic hydroxyl groups excluding tert-OH is 1. The lowest BCUT2D eigenvalue weighted by atomic mass is 9.61. The second-order valence-corrected chi connectivity index (χ2v) is 10.1. The van der Waals surface area contributed by atoms with Crippen LogP contribution in [0.3, 0.4) is 0 Å². The number of anilines is 1. The molecule has 1 heterocycles. The van der Waals surface area contributed by atoms with Gasteiger partial charge in [-0.2, -0.15) is 0 Å². The average molecular weight is 457 g/mol. The number of nitrogens with two attached hydrogens (primary N) is 1. The molecule has 4 nitrogen and oxygen atoms in total. The van der Waals surface area contributed by atoms with Crippen LogP contribution in [0.1, 0.15) is 49.3 Å². The van der Waals surface area contributed by atoms with E-state index in [4.69, 9.17) is 10.5 Å². The second-order valence-electron chi connectivity index (χ2n) is 10.1. The molecule has 3 N–H and O–H groups in total. The molecule has 0 bridgehead atoms. The van der Waals surface area contributed by atoms with Gasteiger partial charge in [0.05, 0.1) is 6.10 Å². The molecule has 0 atom stereocenters. The lowest BCUT2D eigenvalue weighted by Gasteiger charge is -2.51. The number of benzene rings is 3. The molecule has 34 heavy (non-hydrogen) atoms. The summed E-state index contributed by atoms with van der Waals surface area (Å²) in [6.45, 7) is 5.32. The fraction of sp³-hybridized carbons (Fsp3) is 0.400. The number of aliphatic hydroxyl groups is 1. The van der Waals surface area contributed by atoms with E-state index in [1.807, 2.05) is 6.07 Å². The molecule has 1 aliphatic heterocycles. The first-order valence-electron chi connectivity index (χ1n) is 12.6. The minimum absolute atomic E-state index is 0.0838. The highest BCUT2D eigenvalue weighted by Crippen LogP contribution is 2.49. The molecule has 3 aromatic rings. The Labute approximate surface area is 203 Å². The maximum atomic E-state index is 9.84. The predicted molar refractivity (Wildman–Crippen MR) is 139 cm³/mol. The van der Waals surface area contributed by atoms with Crippen LogP contribution in [0.25, 0.3) is 11.1 Å². The minimum Gasteiger partial charge on any atom is -0.489 e. The van der Waals surface area contributed by atoms with Crippen molar-refractivity contribution in [1.29, 1.82) is 0 Å². The zero-order valence-electron chi connectivity index (χ0n) is 20.2. The van der Waals surface area contributed by atoms with Gasteiger partial charge in [0, 0.05) is 25.3 Å². The zero-order chi connectivity index (χ0) is 23.5. The normalized spacial score (nSPS) is 17.6. The van der Waals surface area contributed by atoms with Crippen molar-refractivity contribution in [2.45, 2.75) is 58.3 Å². The molecular weight excluding hydrogens is 420 g/mol. The van der Waals surface area contributed by atoms with Crippen LogP contribution in [0.5, 0.6) is 5.75 Å². The van der Waals surface area contributed by atoms with Gasteiger partial charge in [-0.15, -0.1) is 0 Å². The number of piperidine rings is 1. The smallest absolute Gasteiger partial charge is 0.122 e. The summed E-state index contributed by atoms with van der Waals surface area (Å²) in [4.78, 5) is 2.51. The number of para-hydroxylation sites is 1. The van der Waals surface area contributed by atoms with Crippen LogP contribution in [0, 0.1) is 5.41 Å². The lowest BCUT2D eigenvalue weighted by molar-refractivity contribution is -0.0463. The highest BCUT2D eigenvalue weighted by Gasteiger charge is 2.45. The number of rotatable bonds is 7. The molecule has 0 amide bonds. The Morgan fingerprint density at radius 3 is 2.44 bits per heavy atom. The largest absolute Gasteiger partial charge is 0.489 e. The van der Waals surface area contributed by atoms with Crippen LogP contribution >= 0.6 is 0 Å². The molecule has 5 rings (SSSR count). The summed E-state index contributed by atoms with van der Waals surface area (Å²) in [5.74, 6) is 0.963. The van der Waals surface area contributed by atoms with E-state index in [1.54, 1.807) is 0 Å². The van der Waals surface area contributed by atoms with Gasteiger partial charge in [-0.3, -0.25) is 0 Å². The van der Waals surface area contributed by atoms with Crippen LogP contribution in [-0.4, -0.2) is 24.3 Å². The Hall–Kier alpha value is -2.82. The molecule has 0 unspecified atom stereocenters. The van der Waals surface area contributed by atoms with Gasteiger partial charge in [0.25, 0.3) is 0 Å². The standard InChI is InChI=1S/C30H36N2O2/c1-2-24-7-3-4-9-29(24)34-21-23-15-26(25-8-5-6-22(14-25)20-31)17-27(16-23)32-12-10-30(11-13-32)18-28(33)19-30/h3-9,14-17,28,33H,2,10-13,18-21,31H2,1H3. The summed E-state index contributed by atoms with van der Waals surface area (Å²) in [7, 11) is 0. The monoisotopic (exact) mass is 456 g/mol. The molecule has 1 spiro atoms. The van der Waals surface area contributed by atoms with Crippen molar-refractivity contribution < 1.29 is 9.84 Å². The Bertz CT molecular complexity index is 1130. The molecule has 3 aromatic carbocycles. The number of aryl methyl sites for hydroxylation is 1. The lowest BCUT2D eigenvalue weighted by Crippen LogP contribution is -2.49. The topological polar surface area (TPSA) is 58.7 Å². The van der Waals surface area contributed by atoms with Gasteiger partial charge in [-0.05, 0) is 95.7 Å². The fourth-order valence-electron chi connectivity index (χ4n) is 5.67. The molecule has 0 radical (unpaired) electrons. The first-order valence-corrected chi connectivity index (χ1v) is 12.6. The molecule has 178 valence electrons. The van der Waals surface area contributed by atoms with Crippen molar-refractivity contribution in [3.8, 4) is 16.9 Å². The van der Waals surface area contributed by atoms with Crippen LogP contribution in [0.2, 0.25) is 0 Å². The Morgan fingerprint density at radius 1 is 0.941 bits per heavy atom. The Kier molecular flexibility index (Phi) is 6.62. The van der Waals surface area contributed by atoms with Gasteiger partial charge in [0.1, 0.15) is 12.4 Å². The summed E-state index contributed by atoms with van der Waals surface area (Å²) in [6, 6.07) is 23.7. The van der Waals surface area contributed by atoms with Gasteiger partial charge < -0.3 is 20.5 Å². The van der Waals surface area contributed by atoms with E-state index in [0.29, 0.717) is 18.6 Å². The van der Waals surface area contributed by atoms with E-state index in [1.165, 1.54) is 27.9 Å². The fourth-order valence-corrected chi connectivity index (χ4v) is 5.67. The summed E-state index contributed by atoms with van der Waals surface area (Å²) in [5.41, 5.74) is 13.5. The van der Waals surface area contributed by atoms with Gasteiger partial charge in [0.15, 0.2) is 0 Å². The van der Waals surface area contributed by atoms with E-state index < -0.39 is 0 Å². The first-order chi connectivity index (χ1) is 16.6. The molecule has 2 aliphatic rings. The third kappa shape index (κ3) is 4.84. The highest BCUT2D eigenvalue weighted by molar-refractivity contribution is 5.70. The number of ether oxygens (including phenoxy) is 1. The van der Waals surface area contributed by atoms with Gasteiger partial charge in [-0.25, -0.2) is 0 Å². The molecule has 1 aliphatic carbocycles. The Morgan fingerprint density at radius 2 is 1.71 bits per heavy atom. The highest BCUT2D eigenvalue weighted by atomic mass is 16.5. The zero-order valence-corrected chi connectivity index (χ0v) is 20.2. The molecule has 1 saturated carbocycles. The SMILES string of the molecule is CCc1ccccc1OCc1cc(-c2cccc(CN)c2)cc(N2CCC3(CC2)CC(O)C3)c1. The van der Waals surface area contributed by atoms with Crippen LogP contribution in [0.15, 0.2) is 66.7 Å². The number of hydrogen-bond acceptors (Lipinski definition) is 4. The summed E-state index contributed by atoms with van der Waals surface area (Å²) >= 11 is 0. The van der Waals surface area contributed by atoms with Crippen LogP contribution in [0.4, 0.5) is 5.69 Å². The maximum Gasteiger partial charge on any atom is 0.122 e. The quantitative estimate of drug-likeness (QED) is 0.479. The van der Waals surface area contributed by atoms with Crippen molar-refractivity contribution in [1.82, 2.24) is 0 Å². The molecular formula is C30H36N2O2. The van der Waals surface area contributed by atoms with Gasteiger partial charge in [-0.1, -0.05) is 43.3 Å². The molecule has 1 saturated heterocycles. The van der Waals surface area contributed by atoms with E-state index in [9.17, 15) is 5.11 Å². The number of nitrogens with zero attached hydrogens (tertiary/aromatic N) is 1. The molecule has 0 aromatic heterocycles. The predicted octanol–water partition coefficient (Wildman–Crippen LogP) is 5.70. The van der Waals surface area contributed by atoms with E-state index in [0.717, 1.165) is 56.5 Å². The number of hydrogen-bond donors (Lipinski definition) is 2. The van der Waals surface area contributed by atoms with Gasteiger partial charge in [0.2, 0.25) is 0 Å². The average Bonchev–Trinajstić information content (AvgIpc) is 2.87. The van der Waals surface area contributed by atoms with Crippen LogP contribution in [-0.2, 0) is 19.6 Å². The van der Waals surface area contributed by atoms with E-state index >= 15 is 0 Å². The van der Waals surface area contributed by atoms with Gasteiger partial charge >= 0.3 is 0 Å². The maximum absolute atomic E-state index is 9.84. The summed E-state index contributed by atoms with van der Waals surface area (Å²) in [6.07, 6.45) is 5.14. The van der Waals surface area contributed by atoms with Crippen LogP contribution < -0.4 is 15.4 Å². The van der Waals surface area contributed by atoms with Crippen molar-refractivity contribution in [3.05, 3.63) is 83.4 Å². The minimum atomic E-state index is -0.0838. The first kappa shape index (κ1) is 22.9. The van der Waals surface area contributed by atoms with Crippen molar-refractivity contribution in [2.75, 3.05) is 18.0 Å². The molecule has 2 fully saturated rings. The van der Waals surface area contributed by atoms with E-state index in [2.05, 4.69) is 72.5 Å². The summed E-state index contributed by atoms with van der Waals surface area (Å²) in [5, 5.41) is 9.84. The third-order valence-electron chi connectivity index (χ3n) is 7.75. The second kappa shape index (κ2) is 9.81. The van der Waals surface area contributed by atoms with Crippen molar-refractivity contribution in [3.63, 3.8) is 0 Å². The molecule has 4 heteroatoms. The van der Waals surface area contributed by atoms with Crippen molar-refractivity contribution >= 4 is 5.69 Å². The van der Waals surface area contributed by atoms with E-state index in [-0.39, 0.29) is 6.10 Å².